The molecule has 4 nitrogen and oxygen atoms in total. The Labute approximate surface area is 170 Å². The van der Waals surface area contributed by atoms with Crippen molar-refractivity contribution in [2.75, 3.05) is 31.7 Å². The maximum atomic E-state index is 14.3. The zero-order valence-electron chi connectivity index (χ0n) is 16.2. The van der Waals surface area contributed by atoms with Crippen LogP contribution in [0.4, 0.5) is 10.1 Å². The summed E-state index contributed by atoms with van der Waals surface area (Å²) in [5.41, 5.74) is 7.42. The summed E-state index contributed by atoms with van der Waals surface area (Å²) in [6.45, 7) is 3.60. The third kappa shape index (κ3) is 5.08. The van der Waals surface area contributed by atoms with Gasteiger partial charge in [0.25, 0.3) is 0 Å². The van der Waals surface area contributed by atoms with E-state index < -0.39 is 0 Å². The number of morpholine rings is 1. The predicted molar refractivity (Wildman–Crippen MR) is 115 cm³/mol. The van der Waals surface area contributed by atoms with E-state index in [9.17, 15) is 4.39 Å². The number of hydrogen-bond acceptors (Lipinski definition) is 4. The highest BCUT2D eigenvalue weighted by Crippen LogP contribution is 2.18. The summed E-state index contributed by atoms with van der Waals surface area (Å²) >= 11 is 0. The highest BCUT2D eigenvalue weighted by Gasteiger charge is 2.14. The second-order valence-electron chi connectivity index (χ2n) is 7.00. The monoisotopic (exact) mass is 389 g/mol. The van der Waals surface area contributed by atoms with Gasteiger partial charge in [0.15, 0.2) is 0 Å². The van der Waals surface area contributed by atoms with Gasteiger partial charge in [-0.3, -0.25) is 10.3 Å². The first-order chi connectivity index (χ1) is 14.3. The van der Waals surface area contributed by atoms with Gasteiger partial charge in [0, 0.05) is 36.3 Å². The molecule has 0 saturated carbocycles. The lowest BCUT2D eigenvalue weighted by Crippen LogP contribution is -2.35. The van der Waals surface area contributed by atoms with E-state index in [-0.39, 0.29) is 5.82 Å². The first kappa shape index (κ1) is 19.3. The number of rotatable bonds is 6. The third-order valence-corrected chi connectivity index (χ3v) is 4.93. The molecule has 29 heavy (non-hydrogen) atoms. The second kappa shape index (κ2) is 9.45. The van der Waals surface area contributed by atoms with Crippen LogP contribution in [0.15, 0.2) is 84.0 Å². The molecule has 0 unspecified atom stereocenters. The summed E-state index contributed by atoms with van der Waals surface area (Å²) in [5, 5.41) is 4.66. The van der Waals surface area contributed by atoms with Crippen molar-refractivity contribution in [1.82, 2.24) is 4.90 Å². The summed E-state index contributed by atoms with van der Waals surface area (Å²) in [7, 11) is 0. The number of nitrogens with one attached hydrogen (secondary N) is 1. The van der Waals surface area contributed by atoms with Crippen LogP contribution in [0.5, 0.6) is 0 Å². The van der Waals surface area contributed by atoms with Crippen molar-refractivity contribution < 1.29 is 9.13 Å². The van der Waals surface area contributed by atoms with Crippen LogP contribution in [0.1, 0.15) is 16.7 Å². The minimum atomic E-state index is -0.197. The highest BCUT2D eigenvalue weighted by molar-refractivity contribution is 6.13. The molecule has 1 aliphatic rings. The molecule has 0 spiro atoms. The molecule has 1 fully saturated rings. The van der Waals surface area contributed by atoms with Gasteiger partial charge in [-0.25, -0.2) is 4.39 Å². The van der Waals surface area contributed by atoms with Crippen LogP contribution < -0.4 is 5.43 Å². The molecule has 0 aliphatic carbocycles. The maximum Gasteiger partial charge on any atom is 0.127 e. The standard InChI is InChI=1S/C24H24FN3O/c25-23-12-11-22(17-21(23)18-28-13-15-29-16-14-28)26-27-24(19-7-3-1-4-8-19)20-9-5-2-6-10-20/h1-12,17,26H,13-16,18H2. The fourth-order valence-corrected chi connectivity index (χ4v) is 3.37. The SMILES string of the molecule is Fc1ccc(NN=C(c2ccccc2)c2ccccc2)cc1CN1CCOCC1. The molecule has 5 heteroatoms. The zero-order valence-corrected chi connectivity index (χ0v) is 16.2. The average Bonchev–Trinajstić information content (AvgIpc) is 2.78. The van der Waals surface area contributed by atoms with Crippen molar-refractivity contribution in [2.24, 2.45) is 5.10 Å². The van der Waals surface area contributed by atoms with E-state index in [0.29, 0.717) is 25.3 Å². The van der Waals surface area contributed by atoms with E-state index in [2.05, 4.69) is 15.4 Å². The van der Waals surface area contributed by atoms with Gasteiger partial charge in [-0.05, 0) is 18.2 Å². The molecular formula is C24H24FN3O. The van der Waals surface area contributed by atoms with Gasteiger partial charge in [-0.15, -0.1) is 0 Å². The van der Waals surface area contributed by atoms with Crippen molar-refractivity contribution in [2.45, 2.75) is 6.54 Å². The average molecular weight is 389 g/mol. The Balaban J connectivity index is 1.58. The number of nitrogens with zero attached hydrogens (tertiary/aromatic N) is 2. The Hall–Kier alpha value is -3.02. The largest absolute Gasteiger partial charge is 0.379 e. The van der Waals surface area contributed by atoms with Crippen LogP contribution in [-0.2, 0) is 11.3 Å². The van der Waals surface area contributed by atoms with Gasteiger partial charge >= 0.3 is 0 Å². The number of hydrazone groups is 1. The number of anilines is 1. The summed E-state index contributed by atoms with van der Waals surface area (Å²) in [6.07, 6.45) is 0. The van der Waals surface area contributed by atoms with E-state index in [0.717, 1.165) is 35.6 Å². The van der Waals surface area contributed by atoms with E-state index >= 15 is 0 Å². The normalized spacial score (nSPS) is 14.4. The number of benzene rings is 3. The van der Waals surface area contributed by atoms with E-state index in [1.807, 2.05) is 66.7 Å². The Morgan fingerprint density at radius 1 is 0.897 bits per heavy atom. The summed E-state index contributed by atoms with van der Waals surface area (Å²) < 4.78 is 19.7. The van der Waals surface area contributed by atoms with Gasteiger partial charge in [0.1, 0.15) is 5.82 Å². The van der Waals surface area contributed by atoms with Gasteiger partial charge in [0.05, 0.1) is 24.6 Å². The van der Waals surface area contributed by atoms with Crippen LogP contribution in [0.2, 0.25) is 0 Å². The summed E-state index contributed by atoms with van der Waals surface area (Å²) in [5.74, 6) is -0.197. The third-order valence-electron chi connectivity index (χ3n) is 4.93. The molecular weight excluding hydrogens is 365 g/mol. The van der Waals surface area contributed by atoms with Crippen LogP contribution >= 0.6 is 0 Å². The van der Waals surface area contributed by atoms with E-state index in [4.69, 9.17) is 4.74 Å². The molecule has 3 aromatic carbocycles. The van der Waals surface area contributed by atoms with Crippen LogP contribution in [0.3, 0.4) is 0 Å². The Morgan fingerprint density at radius 2 is 1.52 bits per heavy atom. The summed E-state index contributed by atoms with van der Waals surface area (Å²) in [4.78, 5) is 2.20. The Kier molecular flexibility index (Phi) is 6.29. The molecule has 1 N–H and O–H groups in total. The lowest BCUT2D eigenvalue weighted by molar-refractivity contribution is 0.0337. The van der Waals surface area contributed by atoms with Crippen molar-refractivity contribution in [1.29, 1.82) is 0 Å². The first-order valence-electron chi connectivity index (χ1n) is 9.83. The topological polar surface area (TPSA) is 36.9 Å². The quantitative estimate of drug-likeness (QED) is 0.497. The smallest absolute Gasteiger partial charge is 0.127 e. The highest BCUT2D eigenvalue weighted by atomic mass is 19.1. The molecule has 0 aromatic heterocycles. The summed E-state index contributed by atoms with van der Waals surface area (Å²) in [6, 6.07) is 25.1. The minimum absolute atomic E-state index is 0.197. The van der Waals surface area contributed by atoms with Crippen molar-refractivity contribution >= 4 is 11.4 Å². The first-order valence-corrected chi connectivity index (χ1v) is 9.83. The van der Waals surface area contributed by atoms with Crippen molar-refractivity contribution in [3.05, 3.63) is 101 Å². The molecule has 0 bridgehead atoms. The van der Waals surface area contributed by atoms with Gasteiger partial charge in [0.2, 0.25) is 0 Å². The molecule has 1 heterocycles. The minimum Gasteiger partial charge on any atom is -0.379 e. The van der Waals surface area contributed by atoms with Gasteiger partial charge < -0.3 is 4.74 Å². The molecule has 0 radical (unpaired) electrons. The zero-order chi connectivity index (χ0) is 19.9. The number of hydrogen-bond donors (Lipinski definition) is 1. The van der Waals surface area contributed by atoms with Crippen molar-refractivity contribution in [3.8, 4) is 0 Å². The molecule has 148 valence electrons. The van der Waals surface area contributed by atoms with Gasteiger partial charge in [-0.2, -0.15) is 5.10 Å². The lowest BCUT2D eigenvalue weighted by atomic mass is 10.0. The van der Waals surface area contributed by atoms with Crippen LogP contribution in [0, 0.1) is 5.82 Å². The molecule has 1 aliphatic heterocycles. The molecule has 0 atom stereocenters. The van der Waals surface area contributed by atoms with Gasteiger partial charge in [-0.1, -0.05) is 60.7 Å². The Morgan fingerprint density at radius 3 is 2.14 bits per heavy atom. The number of halogens is 1. The second-order valence-corrected chi connectivity index (χ2v) is 7.00. The maximum absolute atomic E-state index is 14.3. The Bertz CT molecular complexity index is 913. The molecule has 4 rings (SSSR count). The van der Waals surface area contributed by atoms with Crippen molar-refractivity contribution in [3.63, 3.8) is 0 Å². The van der Waals surface area contributed by atoms with Crippen LogP contribution in [0.25, 0.3) is 0 Å². The predicted octanol–water partition coefficient (Wildman–Crippen LogP) is 4.52. The fraction of sp³-hybridized carbons (Fsp3) is 0.208. The number of ether oxygens (including phenoxy) is 1. The molecule has 0 amide bonds. The van der Waals surface area contributed by atoms with Crippen LogP contribution in [-0.4, -0.2) is 36.9 Å². The van der Waals surface area contributed by atoms with E-state index in [1.165, 1.54) is 6.07 Å². The fourth-order valence-electron chi connectivity index (χ4n) is 3.37. The lowest BCUT2D eigenvalue weighted by Gasteiger charge is -2.26. The molecule has 3 aromatic rings. The molecule has 1 saturated heterocycles. The van der Waals surface area contributed by atoms with E-state index in [1.54, 1.807) is 6.07 Å².